The zero-order valence-corrected chi connectivity index (χ0v) is 16.0. The van der Waals surface area contributed by atoms with Crippen molar-refractivity contribution in [3.8, 4) is 0 Å². The standard InChI is InChI=1S/C21H25N5O/c1-13-18(16(12-25-13)19(27)21(2,3)4)26-17(11-22)14-6-5-7-15(10-14)20-23-8-9-24-20/h5-7,10-12,25H,1,8-9,22H2,2-4H3,(H,23,24)/b17-11-,26-18?. The van der Waals surface area contributed by atoms with E-state index in [-0.39, 0.29) is 5.78 Å². The summed E-state index contributed by atoms with van der Waals surface area (Å²) in [5.74, 6) is 0.873. The molecule has 0 aliphatic carbocycles. The van der Waals surface area contributed by atoms with E-state index < -0.39 is 5.41 Å². The highest BCUT2D eigenvalue weighted by Gasteiger charge is 2.31. The number of rotatable bonds is 4. The highest BCUT2D eigenvalue weighted by Crippen LogP contribution is 2.27. The largest absolute Gasteiger partial charge is 0.403 e. The van der Waals surface area contributed by atoms with E-state index in [4.69, 9.17) is 5.73 Å². The lowest BCUT2D eigenvalue weighted by Crippen LogP contribution is -2.25. The van der Waals surface area contributed by atoms with E-state index in [1.165, 1.54) is 6.20 Å². The number of nitrogens with one attached hydrogen (secondary N) is 2. The van der Waals surface area contributed by atoms with Crippen molar-refractivity contribution in [1.82, 2.24) is 10.6 Å². The van der Waals surface area contributed by atoms with Crippen LogP contribution in [0.3, 0.4) is 0 Å². The number of ketones is 1. The first kappa shape index (κ1) is 18.6. The van der Waals surface area contributed by atoms with Gasteiger partial charge in [-0.2, -0.15) is 0 Å². The molecule has 6 nitrogen and oxygen atoms in total. The molecule has 1 aromatic carbocycles. The fourth-order valence-electron chi connectivity index (χ4n) is 2.90. The minimum absolute atomic E-state index is 0.00188. The van der Waals surface area contributed by atoms with Crippen LogP contribution < -0.4 is 16.4 Å². The number of amidine groups is 1. The van der Waals surface area contributed by atoms with Crippen LogP contribution in [0.25, 0.3) is 5.70 Å². The third kappa shape index (κ3) is 3.84. The number of nitrogens with two attached hydrogens (primary N) is 1. The average Bonchev–Trinajstić information content (AvgIpc) is 3.29. The molecule has 1 aromatic rings. The summed E-state index contributed by atoms with van der Waals surface area (Å²) in [5, 5.41) is 6.27. The number of aliphatic imine (C=N–C) groups is 2. The Morgan fingerprint density at radius 3 is 2.78 bits per heavy atom. The Balaban J connectivity index is 1.96. The summed E-state index contributed by atoms with van der Waals surface area (Å²) in [6, 6.07) is 7.85. The van der Waals surface area contributed by atoms with E-state index in [0.29, 0.717) is 22.7 Å². The second kappa shape index (κ2) is 7.23. The molecule has 0 atom stereocenters. The van der Waals surface area contributed by atoms with Crippen LogP contribution in [-0.4, -0.2) is 30.4 Å². The van der Waals surface area contributed by atoms with Gasteiger partial charge in [0.2, 0.25) is 0 Å². The second-order valence-electron chi connectivity index (χ2n) is 7.51. The van der Waals surface area contributed by atoms with E-state index in [9.17, 15) is 4.79 Å². The molecular weight excluding hydrogens is 338 g/mol. The van der Waals surface area contributed by atoms with Crippen molar-refractivity contribution in [3.63, 3.8) is 0 Å². The molecule has 0 bridgehead atoms. The van der Waals surface area contributed by atoms with Gasteiger partial charge in [-0.25, -0.2) is 4.99 Å². The summed E-state index contributed by atoms with van der Waals surface area (Å²) in [5.41, 5.74) is 9.38. The van der Waals surface area contributed by atoms with Crippen LogP contribution in [-0.2, 0) is 4.79 Å². The third-order valence-corrected chi connectivity index (χ3v) is 4.35. The molecule has 2 heterocycles. The zero-order valence-electron chi connectivity index (χ0n) is 16.0. The van der Waals surface area contributed by atoms with Gasteiger partial charge in [-0.1, -0.05) is 45.5 Å². The van der Waals surface area contributed by atoms with Gasteiger partial charge in [0.1, 0.15) is 5.84 Å². The first-order valence-corrected chi connectivity index (χ1v) is 8.92. The molecule has 0 unspecified atom stereocenters. The number of hydrogen-bond donors (Lipinski definition) is 3. The molecule has 0 spiro atoms. The number of Topliss-reactive ketones (excluding diaryl/α,β-unsaturated/α-hetero) is 1. The van der Waals surface area contributed by atoms with Crippen molar-refractivity contribution in [1.29, 1.82) is 0 Å². The molecular formula is C21H25N5O. The maximum atomic E-state index is 12.8. The molecule has 0 radical (unpaired) electrons. The summed E-state index contributed by atoms with van der Waals surface area (Å²) >= 11 is 0. The molecule has 0 aromatic heterocycles. The first-order chi connectivity index (χ1) is 12.8. The van der Waals surface area contributed by atoms with Crippen molar-refractivity contribution in [2.45, 2.75) is 20.8 Å². The molecule has 140 valence electrons. The fourth-order valence-corrected chi connectivity index (χ4v) is 2.90. The minimum Gasteiger partial charge on any atom is -0.403 e. The van der Waals surface area contributed by atoms with Crippen LogP contribution in [0.5, 0.6) is 0 Å². The molecule has 2 aliphatic rings. The molecule has 0 saturated heterocycles. The van der Waals surface area contributed by atoms with Gasteiger partial charge in [-0.05, 0) is 6.07 Å². The molecule has 2 aliphatic heterocycles. The van der Waals surface area contributed by atoms with Crippen LogP contribution >= 0.6 is 0 Å². The Morgan fingerprint density at radius 2 is 2.15 bits per heavy atom. The smallest absolute Gasteiger partial charge is 0.171 e. The number of nitrogens with zero attached hydrogens (tertiary/aromatic N) is 2. The fraction of sp³-hybridized carbons (Fsp3) is 0.286. The average molecular weight is 363 g/mol. The monoisotopic (exact) mass is 363 g/mol. The van der Waals surface area contributed by atoms with Gasteiger partial charge in [-0.3, -0.25) is 9.79 Å². The van der Waals surface area contributed by atoms with Crippen LogP contribution in [0.2, 0.25) is 0 Å². The molecule has 27 heavy (non-hydrogen) atoms. The quantitative estimate of drug-likeness (QED) is 0.766. The van der Waals surface area contributed by atoms with Crippen LogP contribution in [0, 0.1) is 5.41 Å². The molecule has 0 amide bonds. The van der Waals surface area contributed by atoms with Gasteiger partial charge in [0.25, 0.3) is 0 Å². The second-order valence-corrected chi connectivity index (χ2v) is 7.51. The number of hydrogen-bond acceptors (Lipinski definition) is 6. The third-order valence-electron chi connectivity index (χ3n) is 4.35. The van der Waals surface area contributed by atoms with Crippen molar-refractivity contribution >= 4 is 23.0 Å². The van der Waals surface area contributed by atoms with E-state index in [2.05, 4.69) is 27.2 Å². The first-order valence-electron chi connectivity index (χ1n) is 8.92. The number of carbonyl (C=O) groups is 1. The van der Waals surface area contributed by atoms with Gasteiger partial charge >= 0.3 is 0 Å². The van der Waals surface area contributed by atoms with Gasteiger partial charge in [0.15, 0.2) is 5.78 Å². The van der Waals surface area contributed by atoms with E-state index in [0.717, 1.165) is 30.1 Å². The minimum atomic E-state index is -0.516. The van der Waals surface area contributed by atoms with Gasteiger partial charge < -0.3 is 16.4 Å². The predicted molar refractivity (Wildman–Crippen MR) is 110 cm³/mol. The molecule has 0 saturated carbocycles. The summed E-state index contributed by atoms with van der Waals surface area (Å²) in [7, 11) is 0. The van der Waals surface area contributed by atoms with Crippen molar-refractivity contribution in [3.05, 3.63) is 65.6 Å². The predicted octanol–water partition coefficient (Wildman–Crippen LogP) is 2.35. The lowest BCUT2D eigenvalue weighted by molar-refractivity contribution is -0.121. The Morgan fingerprint density at radius 1 is 1.37 bits per heavy atom. The number of benzene rings is 1. The van der Waals surface area contributed by atoms with Gasteiger partial charge in [0, 0.05) is 35.5 Å². The Kier molecular flexibility index (Phi) is 4.99. The normalized spacial score (nSPS) is 18.9. The highest BCUT2D eigenvalue weighted by atomic mass is 16.1. The highest BCUT2D eigenvalue weighted by molar-refractivity contribution is 6.31. The summed E-state index contributed by atoms with van der Waals surface area (Å²) in [4.78, 5) is 21.9. The SMILES string of the molecule is C=C1NC=C(C(=O)C(C)(C)C)C1=N/C(=C\N)c1cccc(C2=NCCN2)c1. The maximum Gasteiger partial charge on any atom is 0.171 e. The van der Waals surface area contributed by atoms with Crippen molar-refractivity contribution in [2.24, 2.45) is 21.1 Å². The molecule has 4 N–H and O–H groups in total. The van der Waals surface area contributed by atoms with Crippen molar-refractivity contribution < 1.29 is 4.79 Å². The summed E-state index contributed by atoms with van der Waals surface area (Å²) < 4.78 is 0. The topological polar surface area (TPSA) is 91.9 Å². The zero-order chi connectivity index (χ0) is 19.6. The molecule has 6 heteroatoms. The van der Waals surface area contributed by atoms with Crippen LogP contribution in [0.15, 0.2) is 64.5 Å². The lowest BCUT2D eigenvalue weighted by atomic mass is 9.85. The molecule has 3 rings (SSSR count). The van der Waals surface area contributed by atoms with Gasteiger partial charge in [-0.15, -0.1) is 0 Å². The number of allylic oxidation sites excluding steroid dienone is 1. The Bertz CT molecular complexity index is 913. The molecule has 0 fully saturated rings. The van der Waals surface area contributed by atoms with E-state index in [1.807, 2.05) is 45.0 Å². The van der Waals surface area contributed by atoms with E-state index >= 15 is 0 Å². The lowest BCUT2D eigenvalue weighted by Gasteiger charge is -2.17. The van der Waals surface area contributed by atoms with Crippen molar-refractivity contribution in [2.75, 3.05) is 13.1 Å². The van der Waals surface area contributed by atoms with Gasteiger partial charge in [0.05, 0.1) is 29.2 Å². The Labute approximate surface area is 159 Å². The maximum absolute atomic E-state index is 12.8. The summed E-state index contributed by atoms with van der Waals surface area (Å²) in [6.07, 6.45) is 3.11. The van der Waals surface area contributed by atoms with Crippen LogP contribution in [0.1, 0.15) is 31.9 Å². The Hall–Kier alpha value is -3.15. The summed E-state index contributed by atoms with van der Waals surface area (Å²) in [6.45, 7) is 11.2. The number of carbonyl (C=O) groups excluding carboxylic acids is 1. The van der Waals surface area contributed by atoms with Crippen LogP contribution in [0.4, 0.5) is 0 Å². The van der Waals surface area contributed by atoms with E-state index in [1.54, 1.807) is 6.20 Å².